The average Bonchev–Trinajstić information content (AvgIpc) is 3.14. The van der Waals surface area contributed by atoms with Crippen molar-refractivity contribution < 1.29 is 19.4 Å². The van der Waals surface area contributed by atoms with E-state index in [9.17, 15) is 14.7 Å². The van der Waals surface area contributed by atoms with Crippen molar-refractivity contribution in [2.45, 2.75) is 58.2 Å². The molecule has 0 aromatic heterocycles. The highest BCUT2D eigenvalue weighted by Gasteiger charge is 2.37. The predicted molar refractivity (Wildman–Crippen MR) is 100 cm³/mol. The first-order chi connectivity index (χ1) is 12.4. The summed E-state index contributed by atoms with van der Waals surface area (Å²) in [6.07, 6.45) is 1.84. The Kier molecular flexibility index (Phi) is 7.03. The van der Waals surface area contributed by atoms with Crippen LogP contribution in [-0.2, 0) is 4.79 Å². The number of amides is 2. The number of rotatable bonds is 7. The Morgan fingerprint density at radius 2 is 2.04 bits per heavy atom. The summed E-state index contributed by atoms with van der Waals surface area (Å²) in [7, 11) is 1.51. The Hall–Kier alpha value is -2.08. The number of hydrogen-bond acceptors (Lipinski definition) is 4. The fourth-order valence-electron chi connectivity index (χ4n) is 3.48. The van der Waals surface area contributed by atoms with Crippen LogP contribution < -0.4 is 10.1 Å². The van der Waals surface area contributed by atoms with Crippen LogP contribution in [0.5, 0.6) is 5.75 Å². The first-order valence-electron chi connectivity index (χ1n) is 9.33. The lowest BCUT2D eigenvalue weighted by molar-refractivity contribution is -0.137. The minimum absolute atomic E-state index is 0.0172. The van der Waals surface area contributed by atoms with Gasteiger partial charge in [-0.3, -0.25) is 9.59 Å². The van der Waals surface area contributed by atoms with Gasteiger partial charge in [0, 0.05) is 6.54 Å². The van der Waals surface area contributed by atoms with Crippen LogP contribution in [0.25, 0.3) is 0 Å². The molecule has 1 unspecified atom stereocenters. The smallest absolute Gasteiger partial charge is 0.255 e. The number of nitrogens with zero attached hydrogens (tertiary/aromatic N) is 1. The lowest BCUT2D eigenvalue weighted by Crippen LogP contribution is -2.54. The van der Waals surface area contributed by atoms with Crippen LogP contribution in [0, 0.1) is 5.92 Å². The second kappa shape index (κ2) is 9.03. The van der Waals surface area contributed by atoms with Gasteiger partial charge in [0.25, 0.3) is 5.91 Å². The molecular formula is C20H30N2O4. The second-order valence-electron chi connectivity index (χ2n) is 7.02. The zero-order chi connectivity index (χ0) is 19.3. The normalized spacial score (nSPS) is 20.3. The lowest BCUT2D eigenvalue weighted by Gasteiger charge is -2.33. The van der Waals surface area contributed by atoms with Crippen molar-refractivity contribution in [3.8, 4) is 5.75 Å². The quantitative estimate of drug-likeness (QED) is 0.779. The maximum absolute atomic E-state index is 13.2. The van der Waals surface area contributed by atoms with E-state index in [2.05, 4.69) is 5.32 Å². The molecule has 6 nitrogen and oxygen atoms in total. The van der Waals surface area contributed by atoms with Crippen molar-refractivity contribution in [1.29, 1.82) is 0 Å². The number of hydrogen-bond donors (Lipinski definition) is 2. The molecule has 2 rings (SSSR count). The molecule has 1 aliphatic rings. The molecule has 0 aliphatic carbocycles. The number of aliphatic hydroxyl groups excluding tert-OH is 1. The number of nitrogens with one attached hydrogen (secondary N) is 1. The molecule has 0 spiro atoms. The number of para-hydroxylation sites is 1. The fourth-order valence-corrected chi connectivity index (χ4v) is 3.48. The molecule has 2 N–H and O–H groups in total. The number of carbonyl (C=O) groups is 2. The van der Waals surface area contributed by atoms with Gasteiger partial charge < -0.3 is 20.1 Å². The number of methoxy groups -OCH3 is 1. The van der Waals surface area contributed by atoms with Gasteiger partial charge in [0.15, 0.2) is 0 Å². The van der Waals surface area contributed by atoms with E-state index in [1.165, 1.54) is 7.11 Å². The number of carbonyl (C=O) groups excluding carboxylic acids is 2. The van der Waals surface area contributed by atoms with Crippen LogP contribution in [-0.4, -0.2) is 53.7 Å². The fraction of sp³-hybridized carbons (Fsp3) is 0.600. The van der Waals surface area contributed by atoms with Crippen molar-refractivity contribution in [2.24, 2.45) is 5.92 Å². The Balaban J connectivity index is 2.22. The Morgan fingerprint density at radius 1 is 1.35 bits per heavy atom. The standard InChI is InChI=1S/C20H30N2O4/c1-5-13(2)18(20(25)22-12-8-10-16(22)14(3)23)21-19(24)15-9-6-7-11-17(15)26-4/h6-7,9,11,13-14,16,18,23H,5,8,10,12H2,1-4H3,(H,21,24)/t13?,14-,16+,18+/m1/s1. The van der Waals surface area contributed by atoms with Gasteiger partial charge in [0.05, 0.1) is 24.8 Å². The van der Waals surface area contributed by atoms with E-state index in [-0.39, 0.29) is 23.8 Å². The molecule has 1 saturated heterocycles. The van der Waals surface area contributed by atoms with Gasteiger partial charge in [-0.15, -0.1) is 0 Å². The molecule has 6 heteroatoms. The summed E-state index contributed by atoms with van der Waals surface area (Å²) >= 11 is 0. The number of ether oxygens (including phenoxy) is 1. The molecule has 0 bridgehead atoms. The highest BCUT2D eigenvalue weighted by Crippen LogP contribution is 2.24. The molecule has 1 heterocycles. The maximum Gasteiger partial charge on any atom is 0.255 e. The van der Waals surface area contributed by atoms with E-state index < -0.39 is 12.1 Å². The Labute approximate surface area is 155 Å². The van der Waals surface area contributed by atoms with E-state index in [4.69, 9.17) is 4.74 Å². The highest BCUT2D eigenvalue weighted by atomic mass is 16.5. The summed E-state index contributed by atoms with van der Waals surface area (Å²) in [6.45, 7) is 6.28. The summed E-state index contributed by atoms with van der Waals surface area (Å²) in [5.41, 5.74) is 0.407. The molecule has 4 atom stereocenters. The van der Waals surface area contributed by atoms with E-state index >= 15 is 0 Å². The van der Waals surface area contributed by atoms with Gasteiger partial charge in [-0.25, -0.2) is 0 Å². The summed E-state index contributed by atoms with van der Waals surface area (Å²) < 4.78 is 5.25. The van der Waals surface area contributed by atoms with Gasteiger partial charge in [0.1, 0.15) is 11.8 Å². The number of likely N-dealkylation sites (tertiary alicyclic amines) is 1. The molecule has 0 saturated carbocycles. The third-order valence-corrected chi connectivity index (χ3v) is 5.26. The molecule has 144 valence electrons. The van der Waals surface area contributed by atoms with Gasteiger partial charge in [-0.1, -0.05) is 32.4 Å². The van der Waals surface area contributed by atoms with Gasteiger partial charge >= 0.3 is 0 Å². The Morgan fingerprint density at radius 3 is 2.65 bits per heavy atom. The first kappa shape index (κ1) is 20.2. The lowest BCUT2D eigenvalue weighted by atomic mass is 9.96. The summed E-state index contributed by atoms with van der Waals surface area (Å²) in [5, 5.41) is 12.9. The second-order valence-corrected chi connectivity index (χ2v) is 7.02. The predicted octanol–water partition coefficient (Wildman–Crippen LogP) is 2.21. The van der Waals surface area contributed by atoms with Crippen molar-refractivity contribution in [3.63, 3.8) is 0 Å². The van der Waals surface area contributed by atoms with Crippen molar-refractivity contribution in [1.82, 2.24) is 10.2 Å². The highest BCUT2D eigenvalue weighted by molar-refractivity contribution is 5.99. The Bertz CT molecular complexity index is 632. The molecule has 1 aromatic rings. The minimum atomic E-state index is -0.628. The number of aliphatic hydroxyl groups is 1. The topological polar surface area (TPSA) is 78.9 Å². The third-order valence-electron chi connectivity index (χ3n) is 5.26. The first-order valence-corrected chi connectivity index (χ1v) is 9.33. The van der Waals surface area contributed by atoms with Crippen LogP contribution in [0.1, 0.15) is 50.4 Å². The van der Waals surface area contributed by atoms with E-state index in [1.54, 1.807) is 36.1 Å². The third kappa shape index (κ3) is 4.36. The largest absolute Gasteiger partial charge is 0.496 e. The SMILES string of the molecule is CCC(C)[C@H](NC(=O)c1ccccc1OC)C(=O)N1CCC[C@H]1[C@@H](C)O. The summed E-state index contributed by atoms with van der Waals surface area (Å²) in [4.78, 5) is 27.7. The van der Waals surface area contributed by atoms with Crippen molar-refractivity contribution in [2.75, 3.05) is 13.7 Å². The van der Waals surface area contributed by atoms with Crippen LogP contribution in [0.3, 0.4) is 0 Å². The van der Waals surface area contributed by atoms with Crippen LogP contribution in [0.2, 0.25) is 0 Å². The molecule has 1 fully saturated rings. The zero-order valence-electron chi connectivity index (χ0n) is 16.1. The van der Waals surface area contributed by atoms with Gasteiger partial charge in [-0.05, 0) is 37.8 Å². The molecule has 1 aliphatic heterocycles. The van der Waals surface area contributed by atoms with E-state index in [0.717, 1.165) is 19.3 Å². The van der Waals surface area contributed by atoms with Crippen molar-refractivity contribution in [3.05, 3.63) is 29.8 Å². The average molecular weight is 362 g/mol. The van der Waals surface area contributed by atoms with Gasteiger partial charge in [-0.2, -0.15) is 0 Å². The van der Waals surface area contributed by atoms with Crippen LogP contribution >= 0.6 is 0 Å². The van der Waals surface area contributed by atoms with Gasteiger partial charge in [0.2, 0.25) is 5.91 Å². The van der Waals surface area contributed by atoms with E-state index in [1.807, 2.05) is 13.8 Å². The van der Waals surface area contributed by atoms with Crippen molar-refractivity contribution >= 4 is 11.8 Å². The maximum atomic E-state index is 13.2. The van der Waals surface area contributed by atoms with Crippen LogP contribution in [0.15, 0.2) is 24.3 Å². The monoisotopic (exact) mass is 362 g/mol. The van der Waals surface area contributed by atoms with E-state index in [0.29, 0.717) is 17.9 Å². The molecule has 26 heavy (non-hydrogen) atoms. The zero-order valence-corrected chi connectivity index (χ0v) is 16.1. The molecule has 2 amide bonds. The minimum Gasteiger partial charge on any atom is -0.496 e. The molecule has 0 radical (unpaired) electrons. The number of benzene rings is 1. The molecule has 1 aromatic carbocycles. The summed E-state index contributed by atoms with van der Waals surface area (Å²) in [6, 6.07) is 6.15. The van der Waals surface area contributed by atoms with Crippen LogP contribution in [0.4, 0.5) is 0 Å². The summed E-state index contributed by atoms with van der Waals surface area (Å²) in [5.74, 6) is 0.0136. The molecular weight excluding hydrogens is 332 g/mol.